The highest BCUT2D eigenvalue weighted by Gasteiger charge is 2.06. The number of benzene rings is 1. The van der Waals surface area contributed by atoms with Crippen molar-refractivity contribution in [2.45, 2.75) is 27.7 Å². The van der Waals surface area contributed by atoms with Crippen molar-refractivity contribution in [3.63, 3.8) is 0 Å². The quantitative estimate of drug-likeness (QED) is 0.756. The van der Waals surface area contributed by atoms with Crippen molar-refractivity contribution in [1.29, 1.82) is 0 Å². The van der Waals surface area contributed by atoms with Crippen LogP contribution in [0, 0.1) is 13.8 Å². The Labute approximate surface area is 90.3 Å². The molecule has 1 amide bonds. The fraction of sp³-hybridized carbons (Fsp3) is 0.333. The predicted octanol–water partition coefficient (Wildman–Crippen LogP) is 2.24. The van der Waals surface area contributed by atoms with E-state index in [1.165, 1.54) is 0 Å². The van der Waals surface area contributed by atoms with Gasteiger partial charge in [0.2, 0.25) is 5.91 Å². The molecule has 15 heavy (non-hydrogen) atoms. The van der Waals surface area contributed by atoms with Crippen LogP contribution in [-0.2, 0) is 0 Å². The molecule has 1 rings (SSSR count). The van der Waals surface area contributed by atoms with Gasteiger partial charge in [-0.1, -0.05) is 13.8 Å². The van der Waals surface area contributed by atoms with Crippen LogP contribution in [0.5, 0.6) is 0 Å². The number of nitrogens with two attached hydrogens (primary N) is 1. The van der Waals surface area contributed by atoms with Gasteiger partial charge in [-0.2, -0.15) is 0 Å². The Bertz CT molecular complexity index is 347. The number of hydrogen-bond donors (Lipinski definition) is 1. The van der Waals surface area contributed by atoms with E-state index < -0.39 is 5.91 Å². The standard InChI is InChI=1S/C10H11NO2.C2H6/c1-6-3-8(10(11)13)4-7(2)9(6)5-12;1-2/h3-5H,1-2H3,(H2,11,13);1-2H3. The van der Waals surface area contributed by atoms with Gasteiger partial charge in [0.05, 0.1) is 0 Å². The second-order valence-corrected chi connectivity index (χ2v) is 3.01. The lowest BCUT2D eigenvalue weighted by atomic mass is 10.0. The van der Waals surface area contributed by atoms with Crippen LogP contribution >= 0.6 is 0 Å². The van der Waals surface area contributed by atoms with Crippen molar-refractivity contribution < 1.29 is 9.59 Å². The van der Waals surface area contributed by atoms with Crippen LogP contribution in [0.15, 0.2) is 12.1 Å². The first-order valence-corrected chi connectivity index (χ1v) is 4.92. The van der Waals surface area contributed by atoms with Crippen LogP contribution < -0.4 is 5.73 Å². The third-order valence-corrected chi connectivity index (χ3v) is 2.00. The maximum atomic E-state index is 10.8. The second-order valence-electron chi connectivity index (χ2n) is 3.01. The largest absolute Gasteiger partial charge is 0.366 e. The minimum absolute atomic E-state index is 0.445. The number of carbonyl (C=O) groups is 2. The van der Waals surface area contributed by atoms with Gasteiger partial charge in [-0.3, -0.25) is 9.59 Å². The number of rotatable bonds is 2. The van der Waals surface area contributed by atoms with Crippen molar-refractivity contribution in [2.75, 3.05) is 0 Å². The van der Waals surface area contributed by atoms with E-state index >= 15 is 0 Å². The summed E-state index contributed by atoms with van der Waals surface area (Å²) in [4.78, 5) is 21.5. The molecule has 2 N–H and O–H groups in total. The van der Waals surface area contributed by atoms with Crippen LogP contribution in [0.2, 0.25) is 0 Å². The number of aldehydes is 1. The average molecular weight is 207 g/mol. The van der Waals surface area contributed by atoms with Gasteiger partial charge in [0.1, 0.15) is 0 Å². The summed E-state index contributed by atoms with van der Waals surface area (Å²) in [6, 6.07) is 3.25. The van der Waals surface area contributed by atoms with Crippen LogP contribution in [0.3, 0.4) is 0 Å². The molecule has 3 heteroatoms. The van der Waals surface area contributed by atoms with Gasteiger partial charge in [0, 0.05) is 11.1 Å². The first kappa shape index (κ1) is 13.4. The van der Waals surface area contributed by atoms with Gasteiger partial charge in [-0.25, -0.2) is 0 Å². The van der Waals surface area contributed by atoms with Gasteiger partial charge in [-0.05, 0) is 37.1 Å². The Balaban J connectivity index is 0.000000921. The van der Waals surface area contributed by atoms with Crippen LogP contribution in [-0.4, -0.2) is 12.2 Å². The van der Waals surface area contributed by atoms with E-state index in [-0.39, 0.29) is 0 Å². The molecule has 1 aromatic carbocycles. The van der Waals surface area contributed by atoms with Crippen LogP contribution in [0.4, 0.5) is 0 Å². The Morgan fingerprint density at radius 1 is 1.20 bits per heavy atom. The molecule has 0 bridgehead atoms. The molecule has 0 unspecified atom stereocenters. The minimum atomic E-state index is -0.469. The second kappa shape index (κ2) is 5.96. The first-order chi connectivity index (χ1) is 7.06. The molecule has 0 aliphatic carbocycles. The molecule has 0 radical (unpaired) electrons. The van der Waals surface area contributed by atoms with Gasteiger partial charge >= 0.3 is 0 Å². The van der Waals surface area contributed by atoms with E-state index in [1.54, 1.807) is 26.0 Å². The molecule has 0 aromatic heterocycles. The molecule has 0 aliphatic rings. The van der Waals surface area contributed by atoms with Crippen molar-refractivity contribution in [3.05, 3.63) is 34.4 Å². The lowest BCUT2D eigenvalue weighted by Crippen LogP contribution is -2.12. The number of carbonyl (C=O) groups excluding carboxylic acids is 2. The normalized spacial score (nSPS) is 8.80. The monoisotopic (exact) mass is 207 g/mol. The lowest BCUT2D eigenvalue weighted by Gasteiger charge is -2.04. The molecule has 0 fully saturated rings. The number of aryl methyl sites for hydroxylation is 2. The lowest BCUT2D eigenvalue weighted by molar-refractivity contribution is 0.0999. The molecule has 0 saturated carbocycles. The predicted molar refractivity (Wildman–Crippen MR) is 61.2 cm³/mol. The molecule has 3 nitrogen and oxygen atoms in total. The number of amides is 1. The van der Waals surface area contributed by atoms with Crippen molar-refractivity contribution in [2.24, 2.45) is 5.73 Å². The van der Waals surface area contributed by atoms with Crippen molar-refractivity contribution in [1.82, 2.24) is 0 Å². The van der Waals surface area contributed by atoms with Crippen molar-refractivity contribution in [3.8, 4) is 0 Å². The SMILES string of the molecule is CC.Cc1cc(C(N)=O)cc(C)c1C=O. The maximum absolute atomic E-state index is 10.8. The summed E-state index contributed by atoms with van der Waals surface area (Å²) in [5.41, 5.74) is 7.75. The Morgan fingerprint density at radius 3 is 1.87 bits per heavy atom. The molecular formula is C12H17NO2. The Morgan fingerprint density at radius 2 is 1.60 bits per heavy atom. The summed E-state index contributed by atoms with van der Waals surface area (Å²) < 4.78 is 0. The first-order valence-electron chi connectivity index (χ1n) is 4.92. The zero-order chi connectivity index (χ0) is 12.0. The molecule has 0 saturated heterocycles. The van der Waals surface area contributed by atoms with E-state index in [9.17, 15) is 9.59 Å². The smallest absolute Gasteiger partial charge is 0.248 e. The number of hydrogen-bond acceptors (Lipinski definition) is 2. The van der Waals surface area contributed by atoms with E-state index in [2.05, 4.69) is 0 Å². The van der Waals surface area contributed by atoms with Crippen LogP contribution in [0.1, 0.15) is 45.7 Å². The molecule has 0 spiro atoms. The Kier molecular flexibility index (Phi) is 5.31. The summed E-state index contributed by atoms with van der Waals surface area (Å²) in [6.07, 6.45) is 0.787. The fourth-order valence-electron chi connectivity index (χ4n) is 1.30. The van der Waals surface area contributed by atoms with E-state index in [1.807, 2.05) is 13.8 Å². The number of primary amides is 1. The van der Waals surface area contributed by atoms with Crippen molar-refractivity contribution >= 4 is 12.2 Å². The van der Waals surface area contributed by atoms with Gasteiger partial charge in [0.15, 0.2) is 6.29 Å². The molecule has 0 aliphatic heterocycles. The summed E-state index contributed by atoms with van der Waals surface area (Å²) in [6.45, 7) is 7.56. The zero-order valence-corrected chi connectivity index (χ0v) is 9.63. The molecule has 1 aromatic rings. The van der Waals surface area contributed by atoms with Gasteiger partial charge in [0.25, 0.3) is 0 Å². The summed E-state index contributed by atoms with van der Waals surface area (Å²) in [7, 11) is 0. The van der Waals surface area contributed by atoms with E-state index in [4.69, 9.17) is 5.73 Å². The highest BCUT2D eigenvalue weighted by molar-refractivity contribution is 5.94. The average Bonchev–Trinajstić information content (AvgIpc) is 2.20. The molecule has 0 atom stereocenters. The third-order valence-electron chi connectivity index (χ3n) is 2.00. The summed E-state index contributed by atoms with van der Waals surface area (Å²) in [5, 5.41) is 0. The third kappa shape index (κ3) is 3.20. The molecular weight excluding hydrogens is 190 g/mol. The summed E-state index contributed by atoms with van der Waals surface area (Å²) in [5.74, 6) is -0.469. The maximum Gasteiger partial charge on any atom is 0.248 e. The molecule has 82 valence electrons. The van der Waals surface area contributed by atoms with E-state index in [0.29, 0.717) is 11.1 Å². The van der Waals surface area contributed by atoms with E-state index in [0.717, 1.165) is 17.4 Å². The Hall–Kier alpha value is -1.64. The van der Waals surface area contributed by atoms with Gasteiger partial charge in [-0.15, -0.1) is 0 Å². The van der Waals surface area contributed by atoms with Gasteiger partial charge < -0.3 is 5.73 Å². The summed E-state index contributed by atoms with van der Waals surface area (Å²) >= 11 is 0. The fourth-order valence-corrected chi connectivity index (χ4v) is 1.30. The highest BCUT2D eigenvalue weighted by Crippen LogP contribution is 2.14. The topological polar surface area (TPSA) is 60.2 Å². The molecule has 0 heterocycles. The minimum Gasteiger partial charge on any atom is -0.366 e. The van der Waals surface area contributed by atoms with Crippen LogP contribution in [0.25, 0.3) is 0 Å². The highest BCUT2D eigenvalue weighted by atomic mass is 16.1. The zero-order valence-electron chi connectivity index (χ0n) is 9.63.